The first-order chi connectivity index (χ1) is 10.1. The van der Waals surface area contributed by atoms with Crippen LogP contribution >= 0.6 is 11.6 Å². The molecule has 0 bridgehead atoms. The van der Waals surface area contributed by atoms with Gasteiger partial charge in [-0.05, 0) is 31.0 Å². The molecule has 1 aliphatic rings. The normalized spacial score (nSPS) is 16.8. The largest absolute Gasteiger partial charge is 0.478 e. The average Bonchev–Trinajstić information content (AvgIpc) is 2.37. The fourth-order valence-electron chi connectivity index (χ4n) is 2.73. The number of carboxylic acids is 1. The molecule has 1 saturated carbocycles. The number of hydrogen-bond acceptors (Lipinski definition) is 2. The van der Waals surface area contributed by atoms with E-state index >= 15 is 0 Å². The number of halogens is 1. The van der Waals surface area contributed by atoms with Gasteiger partial charge in [0.05, 0.1) is 10.6 Å². The summed E-state index contributed by atoms with van der Waals surface area (Å²) in [6.07, 6.45) is 7.69. The van der Waals surface area contributed by atoms with Gasteiger partial charge in [-0.3, -0.25) is 4.79 Å². The number of amides is 1. The molecule has 21 heavy (non-hydrogen) atoms. The molecule has 1 aromatic carbocycles. The van der Waals surface area contributed by atoms with Crippen molar-refractivity contribution in [3.8, 4) is 0 Å². The Balaban J connectivity index is 2.01. The van der Waals surface area contributed by atoms with Crippen molar-refractivity contribution in [3.05, 3.63) is 28.8 Å². The topological polar surface area (TPSA) is 66.4 Å². The molecule has 0 spiro atoms. The van der Waals surface area contributed by atoms with E-state index in [4.69, 9.17) is 16.7 Å². The van der Waals surface area contributed by atoms with Crippen LogP contribution in [0, 0.1) is 5.92 Å². The molecule has 114 valence electrons. The average molecular weight is 310 g/mol. The predicted molar refractivity (Wildman–Crippen MR) is 82.9 cm³/mol. The predicted octanol–water partition coefficient (Wildman–Crippen LogP) is 4.34. The number of nitrogens with one attached hydrogen (secondary N) is 1. The van der Waals surface area contributed by atoms with Gasteiger partial charge in [0.1, 0.15) is 0 Å². The van der Waals surface area contributed by atoms with Gasteiger partial charge in [0.25, 0.3) is 0 Å². The van der Waals surface area contributed by atoms with Crippen molar-refractivity contribution in [2.24, 2.45) is 5.92 Å². The van der Waals surface area contributed by atoms with Crippen LogP contribution in [0.1, 0.15) is 55.3 Å². The van der Waals surface area contributed by atoms with Gasteiger partial charge < -0.3 is 10.4 Å². The zero-order valence-corrected chi connectivity index (χ0v) is 12.7. The van der Waals surface area contributed by atoms with Gasteiger partial charge in [-0.1, -0.05) is 43.7 Å². The third kappa shape index (κ3) is 4.46. The molecule has 0 unspecified atom stereocenters. The smallest absolute Gasteiger partial charge is 0.337 e. The fraction of sp³-hybridized carbons (Fsp3) is 0.500. The Hall–Kier alpha value is -1.55. The van der Waals surface area contributed by atoms with Gasteiger partial charge in [0, 0.05) is 11.6 Å². The number of carboxylic acid groups (broad SMARTS) is 1. The van der Waals surface area contributed by atoms with E-state index in [0.717, 1.165) is 25.7 Å². The van der Waals surface area contributed by atoms with Crippen molar-refractivity contribution < 1.29 is 14.7 Å². The molecule has 1 amide bonds. The number of anilines is 1. The van der Waals surface area contributed by atoms with Crippen LogP contribution in [0.2, 0.25) is 5.02 Å². The Bertz CT molecular complexity index is 522. The second-order valence-corrected chi connectivity index (χ2v) is 5.94. The van der Waals surface area contributed by atoms with E-state index in [9.17, 15) is 9.59 Å². The molecule has 0 aliphatic heterocycles. The number of carbonyl (C=O) groups excluding carboxylic acids is 1. The SMILES string of the molecule is O=C(O)c1ccc(NC(=O)C2CCCCCCC2)cc1Cl. The highest BCUT2D eigenvalue weighted by Gasteiger charge is 2.20. The van der Waals surface area contributed by atoms with Crippen LogP contribution in [0.3, 0.4) is 0 Å². The molecule has 2 rings (SSSR count). The highest BCUT2D eigenvalue weighted by Crippen LogP contribution is 2.25. The molecule has 0 saturated heterocycles. The lowest BCUT2D eigenvalue weighted by Gasteiger charge is -2.19. The van der Waals surface area contributed by atoms with Crippen LogP contribution < -0.4 is 5.32 Å². The fourth-order valence-corrected chi connectivity index (χ4v) is 2.99. The lowest BCUT2D eigenvalue weighted by atomic mass is 9.90. The third-order valence-corrected chi connectivity index (χ3v) is 4.26. The number of rotatable bonds is 3. The minimum absolute atomic E-state index is 0.0102. The summed E-state index contributed by atoms with van der Waals surface area (Å²) in [5.41, 5.74) is 0.595. The monoisotopic (exact) mass is 309 g/mol. The molecule has 0 heterocycles. The first-order valence-corrected chi connectivity index (χ1v) is 7.79. The van der Waals surface area contributed by atoms with Crippen molar-refractivity contribution in [2.45, 2.75) is 44.9 Å². The molecule has 1 fully saturated rings. The number of aromatic carboxylic acids is 1. The van der Waals surface area contributed by atoms with E-state index in [1.807, 2.05) is 0 Å². The summed E-state index contributed by atoms with van der Waals surface area (Å²) in [4.78, 5) is 23.2. The second-order valence-electron chi connectivity index (χ2n) is 5.53. The summed E-state index contributed by atoms with van der Waals surface area (Å²) in [6, 6.07) is 4.49. The second kappa shape index (κ2) is 7.46. The lowest BCUT2D eigenvalue weighted by molar-refractivity contribution is -0.120. The summed E-state index contributed by atoms with van der Waals surface area (Å²) in [6.45, 7) is 0. The summed E-state index contributed by atoms with van der Waals surface area (Å²) in [7, 11) is 0. The molecule has 5 heteroatoms. The van der Waals surface area contributed by atoms with Gasteiger partial charge in [0.15, 0.2) is 0 Å². The van der Waals surface area contributed by atoms with Gasteiger partial charge in [-0.15, -0.1) is 0 Å². The number of benzene rings is 1. The molecule has 2 N–H and O–H groups in total. The van der Waals surface area contributed by atoms with Crippen molar-refractivity contribution in [1.82, 2.24) is 0 Å². The van der Waals surface area contributed by atoms with Crippen molar-refractivity contribution in [3.63, 3.8) is 0 Å². The molecule has 0 radical (unpaired) electrons. The van der Waals surface area contributed by atoms with Crippen LogP contribution in [0.4, 0.5) is 5.69 Å². The van der Waals surface area contributed by atoms with E-state index in [0.29, 0.717) is 5.69 Å². The Morgan fingerprint density at radius 3 is 2.29 bits per heavy atom. The Morgan fingerprint density at radius 2 is 1.71 bits per heavy atom. The van der Waals surface area contributed by atoms with Gasteiger partial charge in [0.2, 0.25) is 5.91 Å². The maximum absolute atomic E-state index is 12.3. The molecule has 1 aliphatic carbocycles. The van der Waals surface area contributed by atoms with Crippen molar-refractivity contribution in [2.75, 3.05) is 5.32 Å². The van der Waals surface area contributed by atoms with Crippen molar-refractivity contribution >= 4 is 29.2 Å². The van der Waals surface area contributed by atoms with E-state index < -0.39 is 5.97 Å². The van der Waals surface area contributed by atoms with E-state index in [1.165, 1.54) is 31.4 Å². The quantitative estimate of drug-likeness (QED) is 0.873. The maximum Gasteiger partial charge on any atom is 0.337 e. The minimum atomic E-state index is -1.07. The molecular formula is C16H20ClNO3. The summed E-state index contributed by atoms with van der Waals surface area (Å²) in [5, 5.41) is 11.9. The molecule has 0 atom stereocenters. The standard InChI is InChI=1S/C16H20ClNO3/c17-14-10-12(8-9-13(14)16(20)21)18-15(19)11-6-4-2-1-3-5-7-11/h8-11H,1-7H2,(H,18,19)(H,20,21). The lowest BCUT2D eigenvalue weighted by Crippen LogP contribution is -2.23. The zero-order chi connectivity index (χ0) is 15.2. The van der Waals surface area contributed by atoms with E-state index in [2.05, 4.69) is 5.32 Å². The molecule has 0 aromatic heterocycles. The van der Waals surface area contributed by atoms with Crippen LogP contribution in [0.15, 0.2) is 18.2 Å². The zero-order valence-electron chi connectivity index (χ0n) is 11.9. The van der Waals surface area contributed by atoms with Gasteiger partial charge >= 0.3 is 5.97 Å². The first kappa shape index (κ1) is 15.8. The van der Waals surface area contributed by atoms with Crippen LogP contribution in [-0.2, 0) is 4.79 Å². The molecular weight excluding hydrogens is 290 g/mol. The van der Waals surface area contributed by atoms with Crippen LogP contribution in [0.5, 0.6) is 0 Å². The summed E-state index contributed by atoms with van der Waals surface area (Å²) < 4.78 is 0. The number of carbonyl (C=O) groups is 2. The van der Waals surface area contributed by atoms with Crippen molar-refractivity contribution in [1.29, 1.82) is 0 Å². The molecule has 4 nitrogen and oxygen atoms in total. The Kier molecular flexibility index (Phi) is 5.62. The molecule has 1 aromatic rings. The highest BCUT2D eigenvalue weighted by atomic mass is 35.5. The Morgan fingerprint density at radius 1 is 1.10 bits per heavy atom. The maximum atomic E-state index is 12.3. The third-order valence-electron chi connectivity index (χ3n) is 3.94. The van der Waals surface area contributed by atoms with Gasteiger partial charge in [-0.2, -0.15) is 0 Å². The number of hydrogen-bond donors (Lipinski definition) is 2. The Labute approximate surface area is 129 Å². The van der Waals surface area contributed by atoms with Gasteiger partial charge in [-0.25, -0.2) is 4.79 Å². The minimum Gasteiger partial charge on any atom is -0.478 e. The highest BCUT2D eigenvalue weighted by molar-refractivity contribution is 6.33. The van der Waals surface area contributed by atoms with Crippen LogP contribution in [0.25, 0.3) is 0 Å². The summed E-state index contributed by atoms with van der Waals surface area (Å²) in [5.74, 6) is -1.02. The van der Waals surface area contributed by atoms with E-state index in [1.54, 1.807) is 6.07 Å². The summed E-state index contributed by atoms with van der Waals surface area (Å²) >= 11 is 5.91. The van der Waals surface area contributed by atoms with Crippen LogP contribution in [-0.4, -0.2) is 17.0 Å². The first-order valence-electron chi connectivity index (χ1n) is 7.41. The van der Waals surface area contributed by atoms with E-state index in [-0.39, 0.29) is 22.4 Å².